The van der Waals surface area contributed by atoms with E-state index in [4.69, 9.17) is 11.6 Å². The van der Waals surface area contributed by atoms with Crippen molar-refractivity contribution in [1.82, 2.24) is 15.3 Å². The van der Waals surface area contributed by atoms with Gasteiger partial charge >= 0.3 is 0 Å². The SMILES string of the molecule is CNCc1c[nH]c2cc(Nc3ccc(C)nc3Cl)ccc12. The maximum absolute atomic E-state index is 6.15. The summed E-state index contributed by atoms with van der Waals surface area (Å²) in [7, 11) is 1.95. The first-order valence-electron chi connectivity index (χ1n) is 6.82. The van der Waals surface area contributed by atoms with Gasteiger partial charge in [0.1, 0.15) is 0 Å². The van der Waals surface area contributed by atoms with Crippen molar-refractivity contribution in [2.45, 2.75) is 13.5 Å². The van der Waals surface area contributed by atoms with Crippen molar-refractivity contribution in [3.8, 4) is 0 Å². The monoisotopic (exact) mass is 300 g/mol. The third-order valence-corrected chi connectivity index (χ3v) is 3.69. The first-order valence-corrected chi connectivity index (χ1v) is 7.20. The van der Waals surface area contributed by atoms with Crippen LogP contribution in [0.2, 0.25) is 5.15 Å². The molecule has 0 bridgehead atoms. The number of aromatic amines is 1. The summed E-state index contributed by atoms with van der Waals surface area (Å²) >= 11 is 6.15. The fourth-order valence-corrected chi connectivity index (χ4v) is 2.62. The van der Waals surface area contributed by atoms with Crippen LogP contribution in [-0.4, -0.2) is 17.0 Å². The molecule has 0 saturated heterocycles. The number of nitrogens with zero attached hydrogens (tertiary/aromatic N) is 1. The lowest BCUT2D eigenvalue weighted by atomic mass is 10.1. The highest BCUT2D eigenvalue weighted by atomic mass is 35.5. The molecular formula is C16H17ClN4. The summed E-state index contributed by atoms with van der Waals surface area (Å²) in [5, 5.41) is 8.18. The Morgan fingerprint density at radius 1 is 1.24 bits per heavy atom. The topological polar surface area (TPSA) is 52.7 Å². The van der Waals surface area contributed by atoms with E-state index in [0.717, 1.165) is 29.1 Å². The van der Waals surface area contributed by atoms with E-state index >= 15 is 0 Å². The summed E-state index contributed by atoms with van der Waals surface area (Å²) in [6.07, 6.45) is 2.03. The van der Waals surface area contributed by atoms with Crippen LogP contribution in [-0.2, 0) is 6.54 Å². The normalized spacial score (nSPS) is 11.0. The van der Waals surface area contributed by atoms with Crippen molar-refractivity contribution in [3.63, 3.8) is 0 Å². The Labute approximate surface area is 128 Å². The number of pyridine rings is 1. The molecule has 3 rings (SSSR count). The molecule has 108 valence electrons. The Hall–Kier alpha value is -2.04. The van der Waals surface area contributed by atoms with Crippen LogP contribution in [0.5, 0.6) is 0 Å². The number of H-pyrrole nitrogens is 1. The number of benzene rings is 1. The van der Waals surface area contributed by atoms with Gasteiger partial charge in [0.05, 0.1) is 5.69 Å². The van der Waals surface area contributed by atoms with Gasteiger partial charge in [-0.25, -0.2) is 4.98 Å². The van der Waals surface area contributed by atoms with E-state index in [1.807, 2.05) is 38.4 Å². The summed E-state index contributed by atoms with van der Waals surface area (Å²) < 4.78 is 0. The molecule has 0 atom stereocenters. The van der Waals surface area contributed by atoms with Gasteiger partial charge in [-0.15, -0.1) is 0 Å². The van der Waals surface area contributed by atoms with Gasteiger partial charge in [0.25, 0.3) is 0 Å². The zero-order valence-corrected chi connectivity index (χ0v) is 12.8. The second-order valence-electron chi connectivity index (χ2n) is 5.02. The van der Waals surface area contributed by atoms with Crippen LogP contribution in [0.15, 0.2) is 36.5 Å². The van der Waals surface area contributed by atoms with Gasteiger partial charge in [0, 0.05) is 35.0 Å². The fraction of sp³-hybridized carbons (Fsp3) is 0.188. The number of aromatic nitrogens is 2. The molecule has 0 fully saturated rings. The third-order valence-electron chi connectivity index (χ3n) is 3.40. The van der Waals surface area contributed by atoms with Crippen molar-refractivity contribution in [2.24, 2.45) is 0 Å². The number of hydrogen-bond donors (Lipinski definition) is 3. The van der Waals surface area contributed by atoms with Gasteiger partial charge in [0.2, 0.25) is 0 Å². The standard InChI is InChI=1S/C16H17ClN4/c1-10-3-6-14(16(17)20-10)21-12-4-5-13-11(8-18-2)9-19-15(13)7-12/h3-7,9,18-19,21H,8H2,1-2H3. The maximum atomic E-state index is 6.15. The molecule has 5 heteroatoms. The predicted octanol–water partition coefficient (Wildman–Crippen LogP) is 3.99. The van der Waals surface area contributed by atoms with Crippen LogP contribution < -0.4 is 10.6 Å². The summed E-state index contributed by atoms with van der Waals surface area (Å²) in [5.74, 6) is 0. The molecule has 0 unspecified atom stereocenters. The smallest absolute Gasteiger partial charge is 0.152 e. The van der Waals surface area contributed by atoms with E-state index in [2.05, 4.69) is 32.7 Å². The number of rotatable bonds is 4. The molecule has 1 aromatic carbocycles. The first-order chi connectivity index (χ1) is 10.2. The van der Waals surface area contributed by atoms with Gasteiger partial charge in [-0.2, -0.15) is 0 Å². The molecule has 0 amide bonds. The van der Waals surface area contributed by atoms with E-state index in [1.165, 1.54) is 10.9 Å². The lowest BCUT2D eigenvalue weighted by Gasteiger charge is -2.08. The minimum absolute atomic E-state index is 0.484. The van der Waals surface area contributed by atoms with Crippen molar-refractivity contribution in [1.29, 1.82) is 0 Å². The largest absolute Gasteiger partial charge is 0.361 e. The zero-order valence-electron chi connectivity index (χ0n) is 12.0. The predicted molar refractivity (Wildman–Crippen MR) is 88.3 cm³/mol. The Morgan fingerprint density at radius 2 is 2.10 bits per heavy atom. The highest BCUT2D eigenvalue weighted by Crippen LogP contribution is 2.27. The lowest BCUT2D eigenvalue weighted by molar-refractivity contribution is 0.823. The number of halogens is 1. The number of anilines is 2. The van der Waals surface area contributed by atoms with Gasteiger partial charge in [-0.1, -0.05) is 17.7 Å². The minimum Gasteiger partial charge on any atom is -0.361 e. The van der Waals surface area contributed by atoms with Crippen molar-refractivity contribution in [2.75, 3.05) is 12.4 Å². The number of hydrogen-bond acceptors (Lipinski definition) is 3. The van der Waals surface area contributed by atoms with E-state index < -0.39 is 0 Å². The average molecular weight is 301 g/mol. The van der Waals surface area contributed by atoms with Gasteiger partial charge in [-0.3, -0.25) is 0 Å². The first kappa shape index (κ1) is 13.9. The molecule has 21 heavy (non-hydrogen) atoms. The Balaban J connectivity index is 1.91. The Bertz CT molecular complexity index is 779. The highest BCUT2D eigenvalue weighted by Gasteiger charge is 2.06. The average Bonchev–Trinajstić information content (AvgIpc) is 2.85. The molecule has 2 aromatic heterocycles. The molecule has 3 aromatic rings. The van der Waals surface area contributed by atoms with Crippen molar-refractivity contribution < 1.29 is 0 Å². The van der Waals surface area contributed by atoms with Crippen LogP contribution in [0, 0.1) is 6.92 Å². The van der Waals surface area contributed by atoms with E-state index in [0.29, 0.717) is 5.15 Å². The molecule has 0 aliphatic heterocycles. The highest BCUT2D eigenvalue weighted by molar-refractivity contribution is 6.32. The van der Waals surface area contributed by atoms with Gasteiger partial charge in [0.15, 0.2) is 5.15 Å². The number of fused-ring (bicyclic) bond motifs is 1. The van der Waals surface area contributed by atoms with Crippen LogP contribution in [0.25, 0.3) is 10.9 Å². The zero-order chi connectivity index (χ0) is 14.8. The van der Waals surface area contributed by atoms with E-state index in [1.54, 1.807) is 0 Å². The van der Waals surface area contributed by atoms with Crippen molar-refractivity contribution in [3.05, 3.63) is 52.9 Å². The second kappa shape index (κ2) is 5.76. The Kier molecular flexibility index (Phi) is 3.82. The molecular weight excluding hydrogens is 284 g/mol. The molecule has 0 spiro atoms. The second-order valence-corrected chi connectivity index (χ2v) is 5.38. The van der Waals surface area contributed by atoms with Crippen LogP contribution >= 0.6 is 11.6 Å². The van der Waals surface area contributed by atoms with Gasteiger partial charge in [-0.05, 0) is 43.8 Å². The molecule has 0 saturated carbocycles. The fourth-order valence-electron chi connectivity index (χ4n) is 2.37. The quantitative estimate of drug-likeness (QED) is 0.639. The van der Waals surface area contributed by atoms with Crippen LogP contribution in [0.3, 0.4) is 0 Å². The summed E-state index contributed by atoms with van der Waals surface area (Å²) in [4.78, 5) is 7.54. The molecule has 0 aliphatic carbocycles. The molecule has 0 aliphatic rings. The minimum atomic E-state index is 0.484. The maximum Gasteiger partial charge on any atom is 0.152 e. The molecule has 2 heterocycles. The van der Waals surface area contributed by atoms with Crippen LogP contribution in [0.4, 0.5) is 11.4 Å². The van der Waals surface area contributed by atoms with E-state index in [-0.39, 0.29) is 0 Å². The number of nitrogens with one attached hydrogen (secondary N) is 3. The molecule has 3 N–H and O–H groups in total. The van der Waals surface area contributed by atoms with Crippen molar-refractivity contribution >= 4 is 33.9 Å². The third kappa shape index (κ3) is 2.86. The van der Waals surface area contributed by atoms with Crippen LogP contribution in [0.1, 0.15) is 11.3 Å². The summed E-state index contributed by atoms with van der Waals surface area (Å²) in [6, 6.07) is 10.1. The lowest BCUT2D eigenvalue weighted by Crippen LogP contribution is -2.03. The summed E-state index contributed by atoms with van der Waals surface area (Å²) in [6.45, 7) is 2.77. The van der Waals surface area contributed by atoms with E-state index in [9.17, 15) is 0 Å². The molecule has 4 nitrogen and oxygen atoms in total. The summed E-state index contributed by atoms with van der Waals surface area (Å²) in [5.41, 5.74) is 5.05. The number of aryl methyl sites for hydroxylation is 1. The van der Waals surface area contributed by atoms with Gasteiger partial charge < -0.3 is 15.6 Å². The molecule has 0 radical (unpaired) electrons. The Morgan fingerprint density at radius 3 is 2.86 bits per heavy atom.